The molecule has 0 amide bonds. The van der Waals surface area contributed by atoms with Crippen LogP contribution in [0.15, 0.2) is 48.6 Å². The molecule has 0 aliphatic carbocycles. The van der Waals surface area contributed by atoms with Crippen LogP contribution in [-0.4, -0.2) is 71.1 Å². The number of hydrogen-bond donors (Lipinski definition) is 4. The molecular weight excluding hydrogens is 773 g/mol. The fraction of sp³-hybridized carbons (Fsp3) is 0.761. The molecule has 0 saturated heterocycles. The van der Waals surface area contributed by atoms with E-state index < -0.39 is 57.2 Å². The van der Waals surface area contributed by atoms with E-state index in [-0.39, 0.29) is 19.4 Å². The van der Waals surface area contributed by atoms with Crippen LogP contribution in [0.2, 0.25) is 0 Å². The van der Waals surface area contributed by atoms with Crippen molar-refractivity contribution >= 4 is 25.7 Å². The summed E-state index contributed by atoms with van der Waals surface area (Å²) in [6, 6.07) is -1.54. The number of ether oxygens (including phenoxy) is 2. The predicted molar refractivity (Wildman–Crippen MR) is 237 cm³/mol. The summed E-state index contributed by atoms with van der Waals surface area (Å²) in [6.45, 7) is 2.65. The first-order valence-electron chi connectivity index (χ1n) is 22.8. The lowest BCUT2D eigenvalue weighted by atomic mass is 10.0. The van der Waals surface area contributed by atoms with Crippen molar-refractivity contribution in [3.63, 3.8) is 0 Å². The van der Waals surface area contributed by atoms with Crippen LogP contribution in [0.3, 0.4) is 0 Å². The van der Waals surface area contributed by atoms with Crippen LogP contribution < -0.4 is 5.73 Å². The summed E-state index contributed by atoms with van der Waals surface area (Å²) in [7, 11) is -4.75. The highest BCUT2D eigenvalue weighted by atomic mass is 31.2. The van der Waals surface area contributed by atoms with E-state index in [0.29, 0.717) is 32.1 Å². The number of allylic oxidation sites excluding steroid dienone is 6. The first-order valence-corrected chi connectivity index (χ1v) is 24.3. The van der Waals surface area contributed by atoms with Gasteiger partial charge in [0.05, 0.1) is 19.3 Å². The van der Waals surface area contributed by atoms with E-state index >= 15 is 0 Å². The first kappa shape index (κ1) is 56.4. The molecule has 0 aromatic carbocycles. The Labute approximate surface area is 357 Å². The number of rotatable bonds is 42. The maximum Gasteiger partial charge on any atom is 0.472 e. The first-order chi connectivity index (χ1) is 28.5. The van der Waals surface area contributed by atoms with Gasteiger partial charge in [-0.1, -0.05) is 178 Å². The van der Waals surface area contributed by atoms with E-state index in [9.17, 15) is 28.9 Å². The van der Waals surface area contributed by atoms with Gasteiger partial charge in [0.25, 0.3) is 0 Å². The fourth-order valence-corrected chi connectivity index (χ4v) is 6.80. The maximum atomic E-state index is 12.6. The van der Waals surface area contributed by atoms with Crippen molar-refractivity contribution in [2.45, 2.75) is 205 Å². The van der Waals surface area contributed by atoms with E-state index in [1.54, 1.807) is 6.08 Å². The summed E-state index contributed by atoms with van der Waals surface area (Å²) in [5, 5.41) is 19.0. The highest BCUT2D eigenvalue weighted by Gasteiger charge is 2.28. The topological polar surface area (TPSA) is 192 Å². The second-order valence-corrected chi connectivity index (χ2v) is 16.8. The zero-order chi connectivity index (χ0) is 43.7. The number of carbonyl (C=O) groups excluding carboxylic acids is 2. The molecule has 12 nitrogen and oxygen atoms in total. The molecule has 0 aliphatic rings. The zero-order valence-electron chi connectivity index (χ0n) is 36.7. The van der Waals surface area contributed by atoms with Gasteiger partial charge in [0.1, 0.15) is 12.6 Å². The van der Waals surface area contributed by atoms with Gasteiger partial charge in [0.15, 0.2) is 6.10 Å². The molecule has 0 aromatic rings. The number of nitrogens with two attached hydrogens (primary N) is 1. The van der Waals surface area contributed by atoms with E-state index in [2.05, 4.69) is 24.4 Å². The Morgan fingerprint density at radius 1 is 0.610 bits per heavy atom. The third-order valence-electron chi connectivity index (χ3n) is 9.66. The van der Waals surface area contributed by atoms with Gasteiger partial charge in [-0.05, 0) is 44.9 Å². The Morgan fingerprint density at radius 2 is 1.12 bits per heavy atom. The Morgan fingerprint density at radius 3 is 1.71 bits per heavy atom. The summed E-state index contributed by atoms with van der Waals surface area (Å²) in [5.41, 5.74) is 5.33. The molecule has 13 heteroatoms. The Balaban J connectivity index is 4.47. The van der Waals surface area contributed by atoms with Gasteiger partial charge in [-0.15, -0.1) is 0 Å². The number of phosphoric ester groups is 1. The standard InChI is InChI=1S/C46H82NO11P/c1-3-5-7-9-11-12-13-14-15-16-17-18-19-20-24-28-32-36-44(49)55-38-42(39-56-59(53,54)57-40-43(47)46(51)52)58-45(50)37-33-29-25-21-23-27-31-35-41(48)34-30-26-22-10-8-6-4-2/h21-22,25-27,30-31,34,41-43,48H,3-20,23-24,28-29,32-33,35-40,47H2,1-2H3,(H,51,52)(H,53,54)/b25-21+,26-22-,31-27-,34-30-/t41-,42+,43-/m0/s1. The molecule has 4 atom stereocenters. The van der Waals surface area contributed by atoms with Crippen molar-refractivity contribution in [1.29, 1.82) is 0 Å². The molecule has 5 N–H and O–H groups in total. The Kier molecular flexibility index (Phi) is 39.0. The normalized spacial score (nSPS) is 14.7. The molecule has 0 aliphatic heterocycles. The van der Waals surface area contributed by atoms with Crippen molar-refractivity contribution in [1.82, 2.24) is 0 Å². The third-order valence-corrected chi connectivity index (χ3v) is 10.6. The number of aliphatic carboxylic acids is 1. The Hall–Kier alpha value is -2.60. The molecule has 59 heavy (non-hydrogen) atoms. The van der Waals surface area contributed by atoms with Gasteiger partial charge in [-0.25, -0.2) is 4.57 Å². The van der Waals surface area contributed by atoms with Gasteiger partial charge in [0, 0.05) is 12.8 Å². The average molecular weight is 856 g/mol. The highest BCUT2D eigenvalue weighted by Crippen LogP contribution is 2.43. The predicted octanol–water partition coefficient (Wildman–Crippen LogP) is 11.1. The molecule has 1 unspecified atom stereocenters. The summed E-state index contributed by atoms with van der Waals surface area (Å²) in [6.07, 6.45) is 42.0. The number of unbranched alkanes of at least 4 members (excludes halogenated alkanes) is 20. The number of esters is 2. The van der Waals surface area contributed by atoms with Crippen LogP contribution in [0.5, 0.6) is 0 Å². The minimum atomic E-state index is -4.75. The summed E-state index contributed by atoms with van der Waals surface area (Å²) in [4.78, 5) is 46.0. The molecule has 0 saturated carbocycles. The van der Waals surface area contributed by atoms with Crippen LogP contribution >= 0.6 is 7.82 Å². The maximum absolute atomic E-state index is 12.6. The van der Waals surface area contributed by atoms with Crippen molar-refractivity contribution in [3.8, 4) is 0 Å². The van der Waals surface area contributed by atoms with Gasteiger partial charge in [0.2, 0.25) is 0 Å². The van der Waals surface area contributed by atoms with Crippen LogP contribution in [0.4, 0.5) is 0 Å². The van der Waals surface area contributed by atoms with Crippen LogP contribution in [0.25, 0.3) is 0 Å². The van der Waals surface area contributed by atoms with Crippen molar-refractivity contribution in [2.75, 3.05) is 19.8 Å². The minimum Gasteiger partial charge on any atom is -0.480 e. The number of phosphoric acid groups is 1. The number of hydrogen-bond acceptors (Lipinski definition) is 10. The summed E-state index contributed by atoms with van der Waals surface area (Å²) >= 11 is 0. The zero-order valence-corrected chi connectivity index (χ0v) is 37.6. The lowest BCUT2D eigenvalue weighted by Gasteiger charge is -2.20. The van der Waals surface area contributed by atoms with Crippen molar-refractivity contribution in [2.24, 2.45) is 5.73 Å². The molecular formula is C46H82NO11P. The fourth-order valence-electron chi connectivity index (χ4n) is 6.02. The third kappa shape index (κ3) is 40.6. The molecule has 0 radical (unpaired) electrons. The Bertz CT molecular complexity index is 1210. The molecule has 0 spiro atoms. The lowest BCUT2D eigenvalue weighted by Crippen LogP contribution is -2.34. The van der Waals surface area contributed by atoms with Gasteiger partial charge >= 0.3 is 25.7 Å². The van der Waals surface area contributed by atoms with Crippen molar-refractivity contribution in [3.05, 3.63) is 48.6 Å². The number of carboxylic acid groups (broad SMARTS) is 1. The number of carbonyl (C=O) groups is 3. The van der Waals surface area contributed by atoms with Crippen molar-refractivity contribution < 1.29 is 52.6 Å². The smallest absolute Gasteiger partial charge is 0.472 e. The van der Waals surface area contributed by atoms with Crippen LogP contribution in [0, 0.1) is 0 Å². The molecule has 0 fully saturated rings. The molecule has 0 rings (SSSR count). The number of aliphatic hydroxyl groups is 1. The average Bonchev–Trinajstić information content (AvgIpc) is 3.21. The van der Waals surface area contributed by atoms with Crippen LogP contribution in [0.1, 0.15) is 187 Å². The van der Waals surface area contributed by atoms with E-state index in [0.717, 1.165) is 25.7 Å². The minimum absolute atomic E-state index is 0.0518. The molecule has 0 bridgehead atoms. The SMILES string of the molecule is CCCCC/C=C\C=C/[C@H](O)C/C=C\C/C=C/CCCC(=O)O[C@H](COC(=O)CCCCCCCCCCCCCCCCCCC)COP(=O)(O)OC[C@H](N)C(=O)O. The second kappa shape index (κ2) is 40.8. The summed E-state index contributed by atoms with van der Waals surface area (Å²) < 4.78 is 32.6. The molecule has 0 aromatic heterocycles. The van der Waals surface area contributed by atoms with E-state index in [4.69, 9.17) is 24.8 Å². The largest absolute Gasteiger partial charge is 0.480 e. The highest BCUT2D eigenvalue weighted by molar-refractivity contribution is 7.47. The van der Waals surface area contributed by atoms with Gasteiger partial charge in [-0.3, -0.25) is 23.4 Å². The van der Waals surface area contributed by atoms with E-state index in [1.165, 1.54) is 103 Å². The summed E-state index contributed by atoms with van der Waals surface area (Å²) in [5.74, 6) is -2.50. The van der Waals surface area contributed by atoms with Gasteiger partial charge < -0.3 is 30.3 Å². The molecule has 0 heterocycles. The monoisotopic (exact) mass is 856 g/mol. The second-order valence-electron chi connectivity index (χ2n) is 15.4. The molecule has 342 valence electrons. The quantitative estimate of drug-likeness (QED) is 0.0150. The van der Waals surface area contributed by atoms with Gasteiger partial charge in [-0.2, -0.15) is 0 Å². The van der Waals surface area contributed by atoms with E-state index in [1.807, 2.05) is 36.5 Å². The lowest BCUT2D eigenvalue weighted by molar-refractivity contribution is -0.161. The number of carboxylic acids is 1. The number of aliphatic hydroxyl groups excluding tert-OH is 1. The van der Waals surface area contributed by atoms with Crippen LogP contribution in [-0.2, 0) is 37.5 Å².